The molecule has 5 rings (SSSR count). The average molecular weight is 441 g/mol. The summed E-state index contributed by atoms with van der Waals surface area (Å²) in [5, 5.41) is 9.76. The molecule has 2 heterocycles. The molecule has 0 saturated heterocycles. The van der Waals surface area contributed by atoms with Crippen LogP contribution in [0.4, 0.5) is 0 Å². The Kier molecular flexibility index (Phi) is 5.76. The highest BCUT2D eigenvalue weighted by atomic mass is 16.3. The van der Waals surface area contributed by atoms with E-state index in [-0.39, 0.29) is 11.8 Å². The van der Waals surface area contributed by atoms with Crippen LogP contribution >= 0.6 is 0 Å². The smallest absolute Gasteiger partial charge is 0.254 e. The van der Waals surface area contributed by atoms with E-state index in [1.54, 1.807) is 17.4 Å². The molecule has 1 aliphatic rings. The molecule has 1 saturated carbocycles. The fourth-order valence-electron chi connectivity index (χ4n) is 3.67. The van der Waals surface area contributed by atoms with Gasteiger partial charge in [0.2, 0.25) is 0 Å². The van der Waals surface area contributed by atoms with Gasteiger partial charge in [0.15, 0.2) is 0 Å². The number of nitrogens with zero attached hydrogens (tertiary/aromatic N) is 2. The largest absolute Gasteiger partial charge is 0.467 e. The number of hydrogen-bond donors (Lipinski definition) is 2. The number of benzene rings is 2. The highest BCUT2D eigenvalue weighted by Crippen LogP contribution is 2.21. The molecule has 2 aromatic heterocycles. The summed E-state index contributed by atoms with van der Waals surface area (Å²) in [6, 6.07) is 18.9. The first kappa shape index (κ1) is 20.8. The number of furan rings is 1. The molecule has 2 N–H and O–H groups in total. The van der Waals surface area contributed by atoms with Crippen LogP contribution in [-0.2, 0) is 13.1 Å². The third-order valence-electron chi connectivity index (χ3n) is 5.68. The molecule has 7 heteroatoms. The van der Waals surface area contributed by atoms with Crippen molar-refractivity contribution in [2.45, 2.75) is 32.0 Å². The number of H-pyrrole nitrogens is 1. The minimum Gasteiger partial charge on any atom is -0.467 e. The van der Waals surface area contributed by atoms with Gasteiger partial charge in [-0.1, -0.05) is 24.3 Å². The Morgan fingerprint density at radius 3 is 2.36 bits per heavy atom. The SMILES string of the molecule is O=C(NC1CC1)c1ccc(CN(Cc2ccco2)C(=O)c2ccc(-c3cn[nH]c3)cc2)cc1. The van der Waals surface area contributed by atoms with Crippen LogP contribution in [0.25, 0.3) is 11.1 Å². The van der Waals surface area contributed by atoms with Gasteiger partial charge in [0.25, 0.3) is 11.8 Å². The molecular formula is C26H24N4O3. The van der Waals surface area contributed by atoms with Crippen molar-refractivity contribution in [1.29, 1.82) is 0 Å². The summed E-state index contributed by atoms with van der Waals surface area (Å²) in [7, 11) is 0. The van der Waals surface area contributed by atoms with Gasteiger partial charge >= 0.3 is 0 Å². The average Bonchev–Trinajstić information content (AvgIpc) is 3.28. The van der Waals surface area contributed by atoms with Gasteiger partial charge in [-0.05, 0) is 60.4 Å². The zero-order chi connectivity index (χ0) is 22.6. The second-order valence-corrected chi connectivity index (χ2v) is 8.25. The van der Waals surface area contributed by atoms with Crippen molar-refractivity contribution in [1.82, 2.24) is 20.4 Å². The van der Waals surface area contributed by atoms with E-state index in [9.17, 15) is 9.59 Å². The molecule has 0 unspecified atom stereocenters. The molecule has 1 fully saturated rings. The fraction of sp³-hybridized carbons (Fsp3) is 0.192. The standard InChI is InChI=1S/C26H24N4O3/c31-25(29-23-11-12-23)20-5-3-18(4-6-20)16-30(17-24-2-1-13-33-24)26(32)21-9-7-19(8-10-21)22-14-27-28-15-22/h1-10,13-15,23H,11-12,16-17H2,(H,27,28)(H,29,31). The Morgan fingerprint density at radius 2 is 1.73 bits per heavy atom. The molecule has 166 valence electrons. The van der Waals surface area contributed by atoms with Gasteiger partial charge in [0.1, 0.15) is 5.76 Å². The summed E-state index contributed by atoms with van der Waals surface area (Å²) < 4.78 is 5.49. The Bertz CT molecular complexity index is 1210. The van der Waals surface area contributed by atoms with Crippen molar-refractivity contribution in [3.05, 3.63) is 102 Å². The Balaban J connectivity index is 1.33. The van der Waals surface area contributed by atoms with E-state index >= 15 is 0 Å². The molecule has 1 aliphatic carbocycles. The number of aromatic amines is 1. The van der Waals surface area contributed by atoms with Crippen molar-refractivity contribution in [3.63, 3.8) is 0 Å². The molecule has 2 amide bonds. The lowest BCUT2D eigenvalue weighted by Crippen LogP contribution is -2.30. The van der Waals surface area contributed by atoms with Gasteiger partial charge in [-0.3, -0.25) is 14.7 Å². The number of nitrogens with one attached hydrogen (secondary N) is 2. The maximum absolute atomic E-state index is 13.4. The second kappa shape index (κ2) is 9.16. The van der Waals surface area contributed by atoms with Crippen LogP contribution in [0, 0.1) is 0 Å². The zero-order valence-electron chi connectivity index (χ0n) is 18.0. The third-order valence-corrected chi connectivity index (χ3v) is 5.68. The van der Waals surface area contributed by atoms with Crippen LogP contribution in [0.5, 0.6) is 0 Å². The molecule has 2 aromatic carbocycles. The summed E-state index contributed by atoms with van der Waals surface area (Å²) in [4.78, 5) is 27.4. The van der Waals surface area contributed by atoms with E-state index in [4.69, 9.17) is 4.42 Å². The quantitative estimate of drug-likeness (QED) is 0.425. The minimum absolute atomic E-state index is 0.0507. The maximum atomic E-state index is 13.4. The molecule has 0 aliphatic heterocycles. The van der Waals surface area contributed by atoms with E-state index in [2.05, 4.69) is 15.5 Å². The van der Waals surface area contributed by atoms with Crippen molar-refractivity contribution in [2.24, 2.45) is 0 Å². The molecular weight excluding hydrogens is 416 g/mol. The third kappa shape index (κ3) is 5.03. The van der Waals surface area contributed by atoms with Crippen molar-refractivity contribution in [2.75, 3.05) is 0 Å². The molecule has 4 aromatic rings. The number of amides is 2. The normalized spacial score (nSPS) is 13.0. The number of carbonyl (C=O) groups is 2. The van der Waals surface area contributed by atoms with Crippen LogP contribution in [0.2, 0.25) is 0 Å². The Labute approximate surface area is 191 Å². The topological polar surface area (TPSA) is 91.2 Å². The van der Waals surface area contributed by atoms with E-state index in [0.717, 1.165) is 29.5 Å². The monoisotopic (exact) mass is 440 g/mol. The van der Waals surface area contributed by atoms with E-state index < -0.39 is 0 Å². The molecule has 0 spiro atoms. The van der Waals surface area contributed by atoms with Gasteiger partial charge in [-0.2, -0.15) is 5.10 Å². The first-order valence-corrected chi connectivity index (χ1v) is 11.0. The zero-order valence-corrected chi connectivity index (χ0v) is 18.0. The predicted octanol–water partition coefficient (Wildman–Crippen LogP) is 4.40. The lowest BCUT2D eigenvalue weighted by molar-refractivity contribution is 0.0717. The molecule has 0 bridgehead atoms. The van der Waals surface area contributed by atoms with Gasteiger partial charge in [0, 0.05) is 35.5 Å². The maximum Gasteiger partial charge on any atom is 0.254 e. The van der Waals surface area contributed by atoms with E-state index in [0.29, 0.717) is 36.0 Å². The van der Waals surface area contributed by atoms with E-state index in [1.807, 2.05) is 66.9 Å². The molecule has 0 radical (unpaired) electrons. The van der Waals surface area contributed by atoms with Crippen LogP contribution < -0.4 is 5.32 Å². The first-order valence-electron chi connectivity index (χ1n) is 11.0. The van der Waals surface area contributed by atoms with Gasteiger partial charge in [-0.15, -0.1) is 0 Å². The lowest BCUT2D eigenvalue weighted by Gasteiger charge is -2.22. The van der Waals surface area contributed by atoms with Crippen molar-refractivity contribution >= 4 is 11.8 Å². The van der Waals surface area contributed by atoms with Gasteiger partial charge in [0.05, 0.1) is 19.0 Å². The molecule has 33 heavy (non-hydrogen) atoms. The number of rotatable bonds is 8. The summed E-state index contributed by atoms with van der Waals surface area (Å²) in [5.74, 6) is 0.560. The fourth-order valence-corrected chi connectivity index (χ4v) is 3.67. The minimum atomic E-state index is -0.0966. The van der Waals surface area contributed by atoms with Gasteiger partial charge < -0.3 is 14.6 Å². The highest BCUT2D eigenvalue weighted by molar-refractivity contribution is 5.95. The van der Waals surface area contributed by atoms with Crippen LogP contribution in [-0.4, -0.2) is 33.0 Å². The summed E-state index contributed by atoms with van der Waals surface area (Å²) >= 11 is 0. The highest BCUT2D eigenvalue weighted by Gasteiger charge is 2.24. The summed E-state index contributed by atoms with van der Waals surface area (Å²) in [6.45, 7) is 0.743. The van der Waals surface area contributed by atoms with E-state index in [1.165, 1.54) is 0 Å². The van der Waals surface area contributed by atoms with Crippen molar-refractivity contribution < 1.29 is 14.0 Å². The number of carbonyl (C=O) groups excluding carboxylic acids is 2. The first-order chi connectivity index (χ1) is 16.2. The summed E-state index contributed by atoms with van der Waals surface area (Å²) in [6.07, 6.45) is 7.27. The number of aromatic nitrogens is 2. The molecule has 7 nitrogen and oxygen atoms in total. The Hall–Kier alpha value is -4.13. The van der Waals surface area contributed by atoms with Crippen molar-refractivity contribution in [3.8, 4) is 11.1 Å². The summed E-state index contributed by atoms with van der Waals surface area (Å²) in [5.41, 5.74) is 4.11. The predicted molar refractivity (Wildman–Crippen MR) is 123 cm³/mol. The van der Waals surface area contributed by atoms with Gasteiger partial charge in [-0.25, -0.2) is 0 Å². The molecule has 0 atom stereocenters. The van der Waals surface area contributed by atoms with Crippen LogP contribution in [0.3, 0.4) is 0 Å². The lowest BCUT2D eigenvalue weighted by atomic mass is 10.1. The number of hydrogen-bond acceptors (Lipinski definition) is 4. The van der Waals surface area contributed by atoms with Crippen LogP contribution in [0.15, 0.2) is 83.7 Å². The second-order valence-electron chi connectivity index (χ2n) is 8.25. The van der Waals surface area contributed by atoms with Crippen LogP contribution in [0.1, 0.15) is 44.9 Å². The Morgan fingerprint density at radius 1 is 0.970 bits per heavy atom.